The Morgan fingerprint density at radius 2 is 1.73 bits per heavy atom. The monoisotopic (exact) mass is 444 g/mol. The molecule has 2 aliphatic rings. The molecule has 0 N–H and O–H groups in total. The average Bonchev–Trinajstić information content (AvgIpc) is 2.89. The van der Waals surface area contributed by atoms with Crippen LogP contribution in [0.15, 0.2) is 72.8 Å². The molecule has 1 aromatic heterocycles. The van der Waals surface area contributed by atoms with Gasteiger partial charge in [0.25, 0.3) is 0 Å². The lowest BCUT2D eigenvalue weighted by molar-refractivity contribution is -0.142. The summed E-state index contributed by atoms with van der Waals surface area (Å²) in [5.74, 6) is 0.0703. The zero-order chi connectivity index (χ0) is 22.7. The van der Waals surface area contributed by atoms with Crippen LogP contribution in [0.3, 0.4) is 0 Å². The topological polar surface area (TPSA) is 42.4 Å². The summed E-state index contributed by atoms with van der Waals surface area (Å²) in [7, 11) is 0. The zero-order valence-corrected chi connectivity index (χ0v) is 18.8. The van der Waals surface area contributed by atoms with E-state index < -0.39 is 5.41 Å². The Morgan fingerprint density at radius 1 is 0.970 bits per heavy atom. The van der Waals surface area contributed by atoms with Gasteiger partial charge in [-0.3, -0.25) is 9.78 Å². The van der Waals surface area contributed by atoms with Crippen molar-refractivity contribution in [3.8, 4) is 11.3 Å². The van der Waals surface area contributed by atoms with Gasteiger partial charge in [-0.1, -0.05) is 48.5 Å². The Labute approximate surface area is 194 Å². The summed E-state index contributed by atoms with van der Waals surface area (Å²) in [6.07, 6.45) is 3.32. The van der Waals surface area contributed by atoms with Crippen LogP contribution in [0.1, 0.15) is 42.9 Å². The summed E-state index contributed by atoms with van der Waals surface area (Å²) >= 11 is 0. The number of piperidine rings is 1. The highest BCUT2D eigenvalue weighted by Crippen LogP contribution is 2.38. The van der Waals surface area contributed by atoms with E-state index in [9.17, 15) is 9.18 Å². The second kappa shape index (κ2) is 9.44. The van der Waals surface area contributed by atoms with Gasteiger partial charge in [-0.05, 0) is 55.5 Å². The fourth-order valence-electron chi connectivity index (χ4n) is 5.31. The summed E-state index contributed by atoms with van der Waals surface area (Å²) in [5.41, 5.74) is 2.63. The fraction of sp³-hybridized carbons (Fsp3) is 0.357. The Balaban J connectivity index is 1.40. The molecule has 4 nitrogen and oxygen atoms in total. The maximum absolute atomic E-state index is 14.3. The number of rotatable bonds is 4. The summed E-state index contributed by atoms with van der Waals surface area (Å²) in [6, 6.07) is 22.7. The summed E-state index contributed by atoms with van der Waals surface area (Å²) in [6.45, 7) is 2.61. The van der Waals surface area contributed by atoms with Crippen molar-refractivity contribution in [1.29, 1.82) is 0 Å². The van der Waals surface area contributed by atoms with Crippen LogP contribution in [0.4, 0.5) is 4.39 Å². The van der Waals surface area contributed by atoms with E-state index in [0.717, 1.165) is 30.6 Å². The van der Waals surface area contributed by atoms with Gasteiger partial charge in [0.15, 0.2) is 0 Å². The van der Waals surface area contributed by atoms with Crippen molar-refractivity contribution in [3.05, 3.63) is 89.9 Å². The van der Waals surface area contributed by atoms with E-state index in [-0.39, 0.29) is 17.6 Å². The third-order valence-corrected chi connectivity index (χ3v) is 7.13. The quantitative estimate of drug-likeness (QED) is 0.545. The molecule has 0 bridgehead atoms. The normalized spacial score (nSPS) is 20.4. The molecule has 5 rings (SSSR count). The lowest BCUT2D eigenvalue weighted by Crippen LogP contribution is -2.52. The highest BCUT2D eigenvalue weighted by molar-refractivity contribution is 5.88. The first-order valence-corrected chi connectivity index (χ1v) is 11.8. The number of nitrogens with zero attached hydrogens (tertiary/aromatic N) is 2. The van der Waals surface area contributed by atoms with Gasteiger partial charge in [-0.2, -0.15) is 0 Å². The van der Waals surface area contributed by atoms with Gasteiger partial charge >= 0.3 is 0 Å². The lowest BCUT2D eigenvalue weighted by atomic mass is 9.72. The number of likely N-dealkylation sites (tertiary alicyclic amines) is 1. The van der Waals surface area contributed by atoms with E-state index in [1.165, 1.54) is 6.07 Å². The molecule has 2 saturated heterocycles. The number of aromatic nitrogens is 1. The number of benzene rings is 2. The third kappa shape index (κ3) is 4.30. The van der Waals surface area contributed by atoms with Crippen molar-refractivity contribution in [2.75, 3.05) is 26.3 Å². The highest BCUT2D eigenvalue weighted by Gasteiger charge is 2.45. The maximum Gasteiger partial charge on any atom is 0.233 e. The SMILES string of the molecule is O=C(N1CCCC(c2cccc(-c3ccccc3F)n2)C1)C1(c2ccccc2)CCOCC1. The van der Waals surface area contributed by atoms with Crippen LogP contribution in [-0.4, -0.2) is 42.1 Å². The van der Waals surface area contributed by atoms with Crippen molar-refractivity contribution in [3.63, 3.8) is 0 Å². The molecule has 170 valence electrons. The lowest BCUT2D eigenvalue weighted by Gasteiger charge is -2.42. The van der Waals surface area contributed by atoms with Crippen LogP contribution in [0.5, 0.6) is 0 Å². The molecule has 0 saturated carbocycles. The van der Waals surface area contributed by atoms with Gasteiger partial charge < -0.3 is 9.64 Å². The fourth-order valence-corrected chi connectivity index (χ4v) is 5.31. The first kappa shape index (κ1) is 21.8. The predicted octanol–water partition coefficient (Wildman–Crippen LogP) is 5.34. The molecule has 3 heterocycles. The number of hydrogen-bond acceptors (Lipinski definition) is 3. The van der Waals surface area contributed by atoms with E-state index in [1.807, 2.05) is 47.4 Å². The Bertz CT molecular complexity index is 1110. The zero-order valence-electron chi connectivity index (χ0n) is 18.8. The van der Waals surface area contributed by atoms with Gasteiger partial charge in [-0.25, -0.2) is 4.39 Å². The number of hydrogen-bond donors (Lipinski definition) is 0. The number of carbonyl (C=O) groups excluding carboxylic acids is 1. The van der Waals surface area contributed by atoms with Crippen molar-refractivity contribution >= 4 is 5.91 Å². The smallest absolute Gasteiger partial charge is 0.233 e. The second-order valence-corrected chi connectivity index (χ2v) is 9.08. The molecule has 2 aliphatic heterocycles. The van der Waals surface area contributed by atoms with E-state index >= 15 is 0 Å². The second-order valence-electron chi connectivity index (χ2n) is 9.08. The first-order chi connectivity index (χ1) is 16.2. The minimum Gasteiger partial charge on any atom is -0.381 e. The average molecular weight is 445 g/mol. The van der Waals surface area contributed by atoms with Crippen molar-refractivity contribution in [1.82, 2.24) is 9.88 Å². The Morgan fingerprint density at radius 3 is 2.52 bits per heavy atom. The molecule has 2 aromatic carbocycles. The first-order valence-electron chi connectivity index (χ1n) is 11.8. The van der Waals surface area contributed by atoms with Crippen LogP contribution in [0.2, 0.25) is 0 Å². The van der Waals surface area contributed by atoms with Gasteiger partial charge in [0, 0.05) is 43.5 Å². The summed E-state index contributed by atoms with van der Waals surface area (Å²) in [4.78, 5) is 20.8. The Hall–Kier alpha value is -3.05. The molecule has 1 atom stereocenters. The minimum absolute atomic E-state index is 0.141. The Kier molecular flexibility index (Phi) is 6.23. The van der Waals surface area contributed by atoms with Gasteiger partial charge in [-0.15, -0.1) is 0 Å². The molecule has 33 heavy (non-hydrogen) atoms. The standard InChI is InChI=1S/C28H29FN2O2/c29-24-12-5-4-11-23(24)26-14-6-13-25(30-26)21-8-7-17-31(20-21)27(32)28(15-18-33-19-16-28)22-9-2-1-3-10-22/h1-6,9-14,21H,7-8,15-20H2. The van der Waals surface area contributed by atoms with E-state index in [1.54, 1.807) is 12.1 Å². The van der Waals surface area contributed by atoms with Crippen LogP contribution in [0, 0.1) is 5.82 Å². The highest BCUT2D eigenvalue weighted by atomic mass is 19.1. The number of carbonyl (C=O) groups is 1. The molecule has 0 radical (unpaired) electrons. The molecule has 2 fully saturated rings. The van der Waals surface area contributed by atoms with Crippen LogP contribution in [0.25, 0.3) is 11.3 Å². The minimum atomic E-state index is -0.524. The molecular formula is C28H29FN2O2. The number of halogens is 1. The van der Waals surface area contributed by atoms with Gasteiger partial charge in [0.05, 0.1) is 11.1 Å². The van der Waals surface area contributed by atoms with Crippen molar-refractivity contribution in [2.45, 2.75) is 37.0 Å². The predicted molar refractivity (Wildman–Crippen MR) is 126 cm³/mol. The summed E-state index contributed by atoms with van der Waals surface area (Å²) in [5, 5.41) is 0. The maximum atomic E-state index is 14.3. The molecule has 0 spiro atoms. The largest absolute Gasteiger partial charge is 0.381 e. The molecule has 3 aromatic rings. The molecule has 5 heteroatoms. The van der Waals surface area contributed by atoms with Crippen LogP contribution < -0.4 is 0 Å². The number of pyridine rings is 1. The van der Waals surface area contributed by atoms with Gasteiger partial charge in [0.2, 0.25) is 5.91 Å². The van der Waals surface area contributed by atoms with Crippen LogP contribution in [-0.2, 0) is 14.9 Å². The molecule has 1 unspecified atom stereocenters. The van der Waals surface area contributed by atoms with E-state index in [0.29, 0.717) is 43.9 Å². The molecule has 0 aliphatic carbocycles. The van der Waals surface area contributed by atoms with Crippen molar-refractivity contribution in [2.24, 2.45) is 0 Å². The third-order valence-electron chi connectivity index (χ3n) is 7.13. The van der Waals surface area contributed by atoms with Gasteiger partial charge in [0.1, 0.15) is 5.82 Å². The van der Waals surface area contributed by atoms with E-state index in [4.69, 9.17) is 9.72 Å². The number of ether oxygens (including phenoxy) is 1. The number of amides is 1. The van der Waals surface area contributed by atoms with Crippen molar-refractivity contribution < 1.29 is 13.9 Å². The molecular weight excluding hydrogens is 415 g/mol. The molecule has 1 amide bonds. The van der Waals surface area contributed by atoms with E-state index in [2.05, 4.69) is 12.1 Å². The van der Waals surface area contributed by atoms with Crippen LogP contribution >= 0.6 is 0 Å². The summed E-state index contributed by atoms with van der Waals surface area (Å²) < 4.78 is 20.0.